The topological polar surface area (TPSA) is 63.2 Å². The summed E-state index contributed by atoms with van der Waals surface area (Å²) in [5.41, 5.74) is 3.63. The molecule has 0 heterocycles. The number of carbonyl (C=O) groups is 1. The molecule has 0 unspecified atom stereocenters. The van der Waals surface area contributed by atoms with Crippen LogP contribution in [-0.4, -0.2) is 20.6 Å². The van der Waals surface area contributed by atoms with E-state index in [-0.39, 0.29) is 5.91 Å². The van der Waals surface area contributed by atoms with Crippen molar-refractivity contribution in [2.24, 2.45) is 0 Å². The number of amides is 1. The van der Waals surface area contributed by atoms with Gasteiger partial charge < -0.3 is 5.32 Å². The number of nitrogens with one attached hydrogen (secondary N) is 1. The molecule has 0 saturated carbocycles. The zero-order valence-corrected chi connectivity index (χ0v) is 16.6. The van der Waals surface area contributed by atoms with Gasteiger partial charge in [0.15, 0.2) is 9.84 Å². The molecule has 0 aliphatic carbocycles. The van der Waals surface area contributed by atoms with E-state index in [4.69, 9.17) is 0 Å². The fraction of sp³-hybridized carbons (Fsp3) is 0.174. The van der Waals surface area contributed by atoms with Crippen molar-refractivity contribution in [1.29, 1.82) is 0 Å². The lowest BCUT2D eigenvalue weighted by Gasteiger charge is -2.10. The molecule has 1 N–H and O–H groups in total. The lowest BCUT2D eigenvalue weighted by molar-refractivity contribution is -0.121. The molecule has 0 aliphatic heterocycles. The van der Waals surface area contributed by atoms with Crippen LogP contribution in [0, 0.1) is 0 Å². The predicted molar refractivity (Wildman–Crippen MR) is 112 cm³/mol. The lowest BCUT2D eigenvalue weighted by atomic mass is 10.0. The summed E-state index contributed by atoms with van der Waals surface area (Å²) in [6, 6.07) is 24.5. The highest BCUT2D eigenvalue weighted by molar-refractivity contribution is 7.90. The van der Waals surface area contributed by atoms with Crippen LogP contribution in [0.4, 0.5) is 0 Å². The minimum absolute atomic E-state index is 0.00958. The van der Waals surface area contributed by atoms with Gasteiger partial charge in [0.05, 0.1) is 4.90 Å². The number of aryl methyl sites for hydroxylation is 1. The second-order valence-electron chi connectivity index (χ2n) is 6.73. The van der Waals surface area contributed by atoms with E-state index < -0.39 is 9.84 Å². The number of hydrogen-bond acceptors (Lipinski definition) is 3. The zero-order valence-electron chi connectivity index (χ0n) is 15.8. The molecular formula is C23H23NO3S. The molecule has 1 amide bonds. The predicted octanol–water partition coefficient (Wildman–Crippen LogP) is 4.01. The molecule has 5 heteroatoms. The van der Waals surface area contributed by atoms with Gasteiger partial charge in [-0.2, -0.15) is 0 Å². The van der Waals surface area contributed by atoms with Crippen molar-refractivity contribution in [3.63, 3.8) is 0 Å². The standard InChI is InChI=1S/C23H23NO3S/c1-28(26,27)22-10-6-5-9-21(22)20-14-11-19(12-15-20)17-24-23(25)16-13-18-7-3-2-4-8-18/h2-12,14-15H,13,16-17H2,1H3,(H,24,25). The molecule has 0 spiro atoms. The highest BCUT2D eigenvalue weighted by Crippen LogP contribution is 2.27. The first-order valence-electron chi connectivity index (χ1n) is 9.12. The molecule has 0 radical (unpaired) electrons. The Morgan fingerprint density at radius 3 is 2.14 bits per heavy atom. The van der Waals surface area contributed by atoms with E-state index in [1.54, 1.807) is 18.2 Å². The molecule has 0 aromatic heterocycles. The second-order valence-corrected chi connectivity index (χ2v) is 8.71. The number of hydrogen-bond donors (Lipinski definition) is 1. The Morgan fingerprint density at radius 1 is 0.821 bits per heavy atom. The number of benzene rings is 3. The van der Waals surface area contributed by atoms with Gasteiger partial charge in [-0.15, -0.1) is 0 Å². The van der Waals surface area contributed by atoms with Gasteiger partial charge in [0.25, 0.3) is 0 Å². The first kappa shape index (κ1) is 19.8. The highest BCUT2D eigenvalue weighted by atomic mass is 32.2. The maximum Gasteiger partial charge on any atom is 0.220 e. The van der Waals surface area contributed by atoms with Gasteiger partial charge in [0.2, 0.25) is 5.91 Å². The van der Waals surface area contributed by atoms with Crippen molar-refractivity contribution >= 4 is 15.7 Å². The number of carbonyl (C=O) groups excluding carboxylic acids is 1. The highest BCUT2D eigenvalue weighted by Gasteiger charge is 2.13. The van der Waals surface area contributed by atoms with Gasteiger partial charge in [-0.1, -0.05) is 72.8 Å². The molecule has 0 atom stereocenters. The average molecular weight is 394 g/mol. The van der Waals surface area contributed by atoms with Crippen LogP contribution in [0.15, 0.2) is 83.8 Å². The van der Waals surface area contributed by atoms with Crippen LogP contribution < -0.4 is 5.32 Å². The van der Waals surface area contributed by atoms with Crippen molar-refractivity contribution in [1.82, 2.24) is 5.32 Å². The molecule has 3 aromatic carbocycles. The monoisotopic (exact) mass is 393 g/mol. The van der Waals surface area contributed by atoms with Crippen LogP contribution in [0.5, 0.6) is 0 Å². The Bertz CT molecular complexity index is 1040. The van der Waals surface area contributed by atoms with Crippen LogP contribution in [0.3, 0.4) is 0 Å². The Labute approximate surface area is 166 Å². The Kier molecular flexibility index (Phi) is 6.26. The fourth-order valence-corrected chi connectivity index (χ4v) is 3.93. The molecule has 4 nitrogen and oxygen atoms in total. The molecule has 28 heavy (non-hydrogen) atoms. The summed E-state index contributed by atoms with van der Waals surface area (Å²) in [6.07, 6.45) is 2.38. The average Bonchev–Trinajstić information content (AvgIpc) is 2.71. The van der Waals surface area contributed by atoms with E-state index >= 15 is 0 Å². The number of rotatable bonds is 7. The Balaban J connectivity index is 1.60. The number of sulfone groups is 1. The second kappa shape index (κ2) is 8.85. The van der Waals surface area contributed by atoms with Crippen molar-refractivity contribution < 1.29 is 13.2 Å². The van der Waals surface area contributed by atoms with Gasteiger partial charge in [-0.25, -0.2) is 8.42 Å². The van der Waals surface area contributed by atoms with E-state index in [9.17, 15) is 13.2 Å². The quantitative estimate of drug-likeness (QED) is 0.660. The Morgan fingerprint density at radius 2 is 1.46 bits per heavy atom. The minimum atomic E-state index is -3.30. The van der Waals surface area contributed by atoms with Crippen LogP contribution in [0.25, 0.3) is 11.1 Å². The molecule has 0 fully saturated rings. The molecule has 3 rings (SSSR count). The van der Waals surface area contributed by atoms with E-state index in [1.165, 1.54) is 6.26 Å². The van der Waals surface area contributed by atoms with Crippen LogP contribution in [-0.2, 0) is 27.6 Å². The summed E-state index contributed by atoms with van der Waals surface area (Å²) in [7, 11) is -3.30. The summed E-state index contributed by atoms with van der Waals surface area (Å²) in [5.74, 6) is 0.00958. The first-order chi connectivity index (χ1) is 13.4. The smallest absolute Gasteiger partial charge is 0.220 e. The maximum absolute atomic E-state index is 12.1. The fourth-order valence-electron chi connectivity index (χ4n) is 3.02. The normalized spacial score (nSPS) is 11.2. The minimum Gasteiger partial charge on any atom is -0.352 e. The summed E-state index contributed by atoms with van der Waals surface area (Å²) in [5, 5.41) is 2.93. The third-order valence-electron chi connectivity index (χ3n) is 4.52. The summed E-state index contributed by atoms with van der Waals surface area (Å²) >= 11 is 0. The van der Waals surface area contributed by atoms with Gasteiger partial charge in [0.1, 0.15) is 0 Å². The first-order valence-corrected chi connectivity index (χ1v) is 11.0. The van der Waals surface area contributed by atoms with Crippen molar-refractivity contribution in [2.75, 3.05) is 6.26 Å². The molecule has 0 aliphatic rings. The molecule has 0 saturated heterocycles. The van der Waals surface area contributed by atoms with E-state index in [0.29, 0.717) is 29.8 Å². The molecular weight excluding hydrogens is 370 g/mol. The van der Waals surface area contributed by atoms with Crippen LogP contribution in [0.2, 0.25) is 0 Å². The van der Waals surface area contributed by atoms with Gasteiger partial charge in [-0.05, 0) is 29.2 Å². The van der Waals surface area contributed by atoms with Crippen molar-refractivity contribution in [3.8, 4) is 11.1 Å². The third-order valence-corrected chi connectivity index (χ3v) is 5.68. The lowest BCUT2D eigenvalue weighted by Crippen LogP contribution is -2.22. The van der Waals surface area contributed by atoms with Crippen LogP contribution in [0.1, 0.15) is 17.5 Å². The maximum atomic E-state index is 12.1. The van der Waals surface area contributed by atoms with E-state index in [2.05, 4.69) is 5.32 Å². The summed E-state index contributed by atoms with van der Waals surface area (Å²) in [4.78, 5) is 12.4. The zero-order chi connectivity index (χ0) is 20.0. The molecule has 3 aromatic rings. The van der Waals surface area contributed by atoms with E-state index in [1.807, 2.05) is 60.7 Å². The molecule has 144 valence electrons. The largest absolute Gasteiger partial charge is 0.352 e. The summed E-state index contributed by atoms with van der Waals surface area (Å²) < 4.78 is 24.0. The molecule has 0 bridgehead atoms. The van der Waals surface area contributed by atoms with Crippen LogP contribution >= 0.6 is 0 Å². The van der Waals surface area contributed by atoms with Crippen molar-refractivity contribution in [2.45, 2.75) is 24.3 Å². The van der Waals surface area contributed by atoms with Gasteiger partial charge in [-0.3, -0.25) is 4.79 Å². The van der Waals surface area contributed by atoms with Crippen molar-refractivity contribution in [3.05, 3.63) is 90.0 Å². The summed E-state index contributed by atoms with van der Waals surface area (Å²) in [6.45, 7) is 0.446. The van der Waals surface area contributed by atoms with E-state index in [0.717, 1.165) is 16.7 Å². The van der Waals surface area contributed by atoms with Gasteiger partial charge >= 0.3 is 0 Å². The van der Waals surface area contributed by atoms with Gasteiger partial charge in [0, 0.05) is 24.8 Å². The SMILES string of the molecule is CS(=O)(=O)c1ccccc1-c1ccc(CNC(=O)CCc2ccccc2)cc1. The Hall–Kier alpha value is -2.92. The third kappa shape index (κ3) is 5.30.